The Hall–Kier alpha value is -3.68. The first-order chi connectivity index (χ1) is 14.4. The average Bonchev–Trinajstić information content (AvgIpc) is 3.02. The lowest BCUT2D eigenvalue weighted by Crippen LogP contribution is -2.30. The van der Waals surface area contributed by atoms with Gasteiger partial charge in [-0.2, -0.15) is 5.10 Å². The minimum absolute atomic E-state index is 0.0295. The zero-order valence-corrected chi connectivity index (χ0v) is 16.8. The Bertz CT molecular complexity index is 1060. The standard InChI is InChI=1S/C22H23FN4O3/c1-14-20(15(2)27(26-14)18-9-7-17(23)8-10-18)22(30)25-12-4-11-24-21(29)16-5-3-6-19(28)13-16/h3,5-10,13,28H,4,11-12H2,1-2H3,(H,24,29)(H,25,30). The van der Waals surface area contributed by atoms with Crippen LogP contribution < -0.4 is 10.6 Å². The van der Waals surface area contributed by atoms with Crippen molar-refractivity contribution in [3.05, 3.63) is 76.9 Å². The van der Waals surface area contributed by atoms with Gasteiger partial charge < -0.3 is 15.7 Å². The molecule has 1 aromatic heterocycles. The number of aromatic hydroxyl groups is 1. The van der Waals surface area contributed by atoms with Gasteiger partial charge in [-0.1, -0.05) is 6.07 Å². The van der Waals surface area contributed by atoms with Crippen molar-refractivity contribution in [1.82, 2.24) is 20.4 Å². The molecule has 0 aliphatic carbocycles. The van der Waals surface area contributed by atoms with Crippen molar-refractivity contribution in [3.63, 3.8) is 0 Å². The molecule has 0 aliphatic heterocycles. The molecule has 0 bridgehead atoms. The van der Waals surface area contributed by atoms with E-state index in [1.54, 1.807) is 42.8 Å². The zero-order chi connectivity index (χ0) is 21.7. The second kappa shape index (κ2) is 9.21. The lowest BCUT2D eigenvalue weighted by molar-refractivity contribution is 0.0951. The largest absolute Gasteiger partial charge is 0.508 e. The fourth-order valence-corrected chi connectivity index (χ4v) is 3.13. The highest BCUT2D eigenvalue weighted by atomic mass is 19.1. The summed E-state index contributed by atoms with van der Waals surface area (Å²) in [5.74, 6) is -0.849. The van der Waals surface area contributed by atoms with E-state index in [1.165, 1.54) is 24.3 Å². The number of amides is 2. The second-order valence-corrected chi connectivity index (χ2v) is 6.85. The molecule has 0 fully saturated rings. The van der Waals surface area contributed by atoms with E-state index in [4.69, 9.17) is 0 Å². The van der Waals surface area contributed by atoms with Gasteiger partial charge in [0.25, 0.3) is 11.8 Å². The Morgan fingerprint density at radius 2 is 1.70 bits per heavy atom. The van der Waals surface area contributed by atoms with Crippen LogP contribution in [0.4, 0.5) is 4.39 Å². The van der Waals surface area contributed by atoms with Crippen molar-refractivity contribution in [1.29, 1.82) is 0 Å². The van der Waals surface area contributed by atoms with E-state index in [-0.39, 0.29) is 23.4 Å². The van der Waals surface area contributed by atoms with E-state index in [9.17, 15) is 19.1 Å². The maximum Gasteiger partial charge on any atom is 0.255 e. The van der Waals surface area contributed by atoms with Crippen LogP contribution in [0.25, 0.3) is 5.69 Å². The molecule has 0 saturated carbocycles. The number of hydrogen-bond acceptors (Lipinski definition) is 4. The zero-order valence-electron chi connectivity index (χ0n) is 16.8. The second-order valence-electron chi connectivity index (χ2n) is 6.85. The molecule has 30 heavy (non-hydrogen) atoms. The third kappa shape index (κ3) is 4.83. The molecule has 3 N–H and O–H groups in total. The number of aryl methyl sites for hydroxylation is 1. The van der Waals surface area contributed by atoms with E-state index < -0.39 is 0 Å². The summed E-state index contributed by atoms with van der Waals surface area (Å²) in [7, 11) is 0. The van der Waals surface area contributed by atoms with Gasteiger partial charge in [0, 0.05) is 18.7 Å². The summed E-state index contributed by atoms with van der Waals surface area (Å²) in [6, 6.07) is 12.0. The Morgan fingerprint density at radius 1 is 1.03 bits per heavy atom. The maximum atomic E-state index is 13.2. The summed E-state index contributed by atoms with van der Waals surface area (Å²) in [5.41, 5.74) is 2.76. The number of benzene rings is 2. The Balaban J connectivity index is 1.53. The predicted octanol–water partition coefficient (Wildman–Crippen LogP) is 2.88. The van der Waals surface area contributed by atoms with E-state index in [2.05, 4.69) is 15.7 Å². The SMILES string of the molecule is Cc1nn(-c2ccc(F)cc2)c(C)c1C(=O)NCCCNC(=O)c1cccc(O)c1. The van der Waals surface area contributed by atoms with Gasteiger partial charge in [-0.05, 0) is 62.7 Å². The first-order valence-electron chi connectivity index (χ1n) is 9.54. The molecule has 3 rings (SSSR count). The molecule has 1 heterocycles. The smallest absolute Gasteiger partial charge is 0.255 e. The molecule has 0 saturated heterocycles. The van der Waals surface area contributed by atoms with Crippen LogP contribution in [0.2, 0.25) is 0 Å². The van der Waals surface area contributed by atoms with Crippen molar-refractivity contribution in [2.75, 3.05) is 13.1 Å². The maximum absolute atomic E-state index is 13.2. The van der Waals surface area contributed by atoms with E-state index in [0.717, 1.165) is 0 Å². The number of hydrogen-bond donors (Lipinski definition) is 3. The highest BCUT2D eigenvalue weighted by Crippen LogP contribution is 2.18. The summed E-state index contributed by atoms with van der Waals surface area (Å²) in [6.07, 6.45) is 0.542. The molecule has 3 aromatic rings. The van der Waals surface area contributed by atoms with Gasteiger partial charge in [-0.25, -0.2) is 9.07 Å². The van der Waals surface area contributed by atoms with Gasteiger partial charge in [0.1, 0.15) is 11.6 Å². The quantitative estimate of drug-likeness (QED) is 0.522. The van der Waals surface area contributed by atoms with Crippen LogP contribution in [-0.2, 0) is 0 Å². The molecule has 2 amide bonds. The number of phenols is 1. The summed E-state index contributed by atoms with van der Waals surface area (Å²) in [6.45, 7) is 4.28. The number of nitrogens with zero attached hydrogens (tertiary/aromatic N) is 2. The summed E-state index contributed by atoms with van der Waals surface area (Å²) in [4.78, 5) is 24.6. The predicted molar refractivity (Wildman–Crippen MR) is 110 cm³/mol. The van der Waals surface area contributed by atoms with Crippen molar-refractivity contribution >= 4 is 11.8 Å². The number of carbonyl (C=O) groups excluding carboxylic acids is 2. The first-order valence-corrected chi connectivity index (χ1v) is 9.54. The highest BCUT2D eigenvalue weighted by Gasteiger charge is 2.19. The summed E-state index contributed by atoms with van der Waals surface area (Å²) < 4.78 is 14.8. The first kappa shape index (κ1) is 21.0. The normalized spacial score (nSPS) is 10.6. The molecule has 156 valence electrons. The lowest BCUT2D eigenvalue weighted by atomic mass is 10.2. The molecular weight excluding hydrogens is 387 g/mol. The Kier molecular flexibility index (Phi) is 6.46. The lowest BCUT2D eigenvalue weighted by Gasteiger charge is -2.08. The van der Waals surface area contributed by atoms with Gasteiger partial charge in [-0.3, -0.25) is 9.59 Å². The average molecular weight is 410 g/mol. The number of aromatic nitrogens is 2. The molecule has 7 nitrogen and oxygen atoms in total. The third-order valence-corrected chi connectivity index (χ3v) is 4.62. The minimum Gasteiger partial charge on any atom is -0.508 e. The van der Waals surface area contributed by atoms with Crippen LogP contribution in [0.15, 0.2) is 48.5 Å². The number of nitrogens with one attached hydrogen (secondary N) is 2. The number of phenolic OH excluding ortho intramolecular Hbond substituents is 1. The van der Waals surface area contributed by atoms with Gasteiger partial charge in [-0.15, -0.1) is 0 Å². The molecule has 0 radical (unpaired) electrons. The van der Waals surface area contributed by atoms with Crippen LogP contribution in [0, 0.1) is 19.7 Å². The molecule has 8 heteroatoms. The number of halogens is 1. The molecule has 2 aromatic carbocycles. The Morgan fingerprint density at radius 3 is 2.37 bits per heavy atom. The molecule has 0 unspecified atom stereocenters. The fraction of sp³-hybridized carbons (Fsp3) is 0.227. The molecule has 0 aliphatic rings. The topological polar surface area (TPSA) is 96.3 Å². The van der Waals surface area contributed by atoms with E-state index in [1.807, 2.05) is 0 Å². The van der Waals surface area contributed by atoms with Crippen LogP contribution >= 0.6 is 0 Å². The molecule has 0 atom stereocenters. The van der Waals surface area contributed by atoms with Crippen LogP contribution in [0.3, 0.4) is 0 Å². The van der Waals surface area contributed by atoms with E-state index in [0.29, 0.717) is 47.7 Å². The highest BCUT2D eigenvalue weighted by molar-refractivity contribution is 5.96. The van der Waals surface area contributed by atoms with Crippen molar-refractivity contribution in [2.24, 2.45) is 0 Å². The van der Waals surface area contributed by atoms with Crippen molar-refractivity contribution < 1.29 is 19.1 Å². The monoisotopic (exact) mass is 410 g/mol. The van der Waals surface area contributed by atoms with E-state index >= 15 is 0 Å². The van der Waals surface area contributed by atoms with Crippen molar-refractivity contribution in [3.8, 4) is 11.4 Å². The van der Waals surface area contributed by atoms with Gasteiger partial charge in [0.05, 0.1) is 22.6 Å². The summed E-state index contributed by atoms with van der Waals surface area (Å²) >= 11 is 0. The number of carbonyl (C=O) groups is 2. The minimum atomic E-state index is -0.339. The number of rotatable bonds is 7. The molecule has 0 spiro atoms. The summed E-state index contributed by atoms with van der Waals surface area (Å²) in [5, 5.41) is 19.4. The fourth-order valence-electron chi connectivity index (χ4n) is 3.13. The van der Waals surface area contributed by atoms with Gasteiger partial charge >= 0.3 is 0 Å². The Labute approximate surface area is 173 Å². The van der Waals surface area contributed by atoms with Crippen LogP contribution in [-0.4, -0.2) is 39.8 Å². The third-order valence-electron chi connectivity index (χ3n) is 4.62. The molecular formula is C22H23FN4O3. The van der Waals surface area contributed by atoms with Gasteiger partial charge in [0.2, 0.25) is 0 Å². The van der Waals surface area contributed by atoms with Crippen LogP contribution in [0.1, 0.15) is 38.5 Å². The van der Waals surface area contributed by atoms with Crippen molar-refractivity contribution in [2.45, 2.75) is 20.3 Å². The van der Waals surface area contributed by atoms with Crippen LogP contribution in [0.5, 0.6) is 5.75 Å². The van der Waals surface area contributed by atoms with Gasteiger partial charge in [0.15, 0.2) is 0 Å².